The van der Waals surface area contributed by atoms with E-state index in [1.54, 1.807) is 0 Å². The highest BCUT2D eigenvalue weighted by Crippen LogP contribution is 2.29. The first-order valence-corrected chi connectivity index (χ1v) is 14.6. The summed E-state index contributed by atoms with van der Waals surface area (Å²) in [7, 11) is -0.637. The second kappa shape index (κ2) is 16.0. The minimum Gasteiger partial charge on any atom is -0.408 e. The smallest absolute Gasteiger partial charge is 0.408 e. The zero-order valence-electron chi connectivity index (χ0n) is 22.2. The van der Waals surface area contributed by atoms with Gasteiger partial charge in [-0.2, -0.15) is 0 Å². The summed E-state index contributed by atoms with van der Waals surface area (Å²) in [6.45, 7) is 6.89. The van der Waals surface area contributed by atoms with Crippen LogP contribution in [0.5, 0.6) is 0 Å². The Morgan fingerprint density at radius 3 is 2.36 bits per heavy atom. The Hall–Kier alpha value is -1.66. The normalized spacial score (nSPS) is 16.3. The van der Waals surface area contributed by atoms with Crippen LogP contribution in [0.3, 0.4) is 0 Å². The van der Waals surface area contributed by atoms with Crippen LogP contribution in [0.2, 0.25) is 10.0 Å². The Kier molecular flexibility index (Phi) is 13.0. The van der Waals surface area contributed by atoms with Gasteiger partial charge in [0.1, 0.15) is 6.04 Å². The third-order valence-electron chi connectivity index (χ3n) is 6.34. The molecule has 8 nitrogen and oxygen atoms in total. The molecule has 0 saturated carbocycles. The number of β-amino-alcohol motifs (C(OH)–C–C–N with tert-alkyl or cyclic N) is 1. The fourth-order valence-electron chi connectivity index (χ4n) is 4.37. The number of carbonyl (C=O) groups is 2. The van der Waals surface area contributed by atoms with Crippen molar-refractivity contribution in [3.8, 4) is 0 Å². The average Bonchev–Trinajstić information content (AvgIpc) is 2.87. The Balaban J connectivity index is 1.79. The Morgan fingerprint density at radius 1 is 1.08 bits per heavy atom. The Bertz CT molecular complexity index is 1090. The van der Waals surface area contributed by atoms with Gasteiger partial charge in [-0.15, -0.1) is 0 Å². The van der Waals surface area contributed by atoms with Crippen molar-refractivity contribution in [2.45, 2.75) is 38.7 Å². The predicted molar refractivity (Wildman–Crippen MR) is 158 cm³/mol. The summed E-state index contributed by atoms with van der Waals surface area (Å²) in [4.78, 5) is 29.0. The summed E-state index contributed by atoms with van der Waals surface area (Å²) in [5.74, 6) is -1.01. The number of rotatable bonds is 11. The van der Waals surface area contributed by atoms with Gasteiger partial charge < -0.3 is 25.0 Å². The van der Waals surface area contributed by atoms with Gasteiger partial charge in [0.15, 0.2) is 0 Å². The summed E-state index contributed by atoms with van der Waals surface area (Å²) in [6, 6.07) is 11.6. The van der Waals surface area contributed by atoms with Crippen molar-refractivity contribution in [2.75, 3.05) is 39.5 Å². The maximum atomic E-state index is 13.7. The van der Waals surface area contributed by atoms with Gasteiger partial charge in [0.05, 0.1) is 28.2 Å². The zero-order valence-corrected chi connectivity index (χ0v) is 25.3. The first kappa shape index (κ1) is 31.9. The molecule has 12 heteroatoms. The van der Waals surface area contributed by atoms with Crippen molar-refractivity contribution >= 4 is 58.1 Å². The predicted octanol–water partition coefficient (Wildman–Crippen LogP) is 4.00. The second-order valence-electron chi connectivity index (χ2n) is 9.88. The van der Waals surface area contributed by atoms with E-state index in [2.05, 4.69) is 45.3 Å². The number of nitrogens with one attached hydrogen (secondary N) is 2. The third kappa shape index (κ3) is 10.0. The molecule has 0 spiro atoms. The molecule has 2 amide bonds. The topological polar surface area (TPSA) is 100 Å². The first-order valence-electron chi connectivity index (χ1n) is 13.0. The summed E-state index contributed by atoms with van der Waals surface area (Å²) in [6.07, 6.45) is 0.903. The molecule has 0 aromatic heterocycles. The van der Waals surface area contributed by atoms with Crippen molar-refractivity contribution in [1.82, 2.24) is 15.5 Å². The summed E-state index contributed by atoms with van der Waals surface area (Å²) < 4.78 is 12.6. The van der Waals surface area contributed by atoms with Crippen LogP contribution in [0.15, 0.2) is 46.9 Å². The molecule has 0 unspecified atom stereocenters. The molecule has 212 valence electrons. The SMILES string of the molecule is CC(C)C[C@H](NC(=O)[C@H](Cc1ccccc1)NC(=O)c1cc(Br)c(Cl)cc1Cl)B1OCCN(CCO)CCO1. The van der Waals surface area contributed by atoms with Crippen LogP contribution in [-0.4, -0.2) is 80.4 Å². The van der Waals surface area contributed by atoms with Gasteiger partial charge in [-0.3, -0.25) is 14.5 Å². The molecule has 0 bridgehead atoms. The lowest BCUT2D eigenvalue weighted by molar-refractivity contribution is -0.123. The molecule has 2 aromatic rings. The molecule has 2 aromatic carbocycles. The van der Waals surface area contributed by atoms with E-state index in [0.29, 0.717) is 48.8 Å². The van der Waals surface area contributed by atoms with Crippen LogP contribution in [0.4, 0.5) is 0 Å². The van der Waals surface area contributed by atoms with E-state index >= 15 is 0 Å². The first-order chi connectivity index (χ1) is 18.7. The van der Waals surface area contributed by atoms with E-state index < -0.39 is 25.0 Å². The molecule has 1 aliphatic heterocycles. The second-order valence-corrected chi connectivity index (χ2v) is 11.6. The van der Waals surface area contributed by atoms with Gasteiger partial charge in [-0.05, 0) is 46.0 Å². The molecule has 0 aliphatic carbocycles. The molecule has 1 aliphatic rings. The van der Waals surface area contributed by atoms with Gasteiger partial charge in [-0.25, -0.2) is 0 Å². The molecule has 3 N–H and O–H groups in total. The lowest BCUT2D eigenvalue weighted by Crippen LogP contribution is -2.57. The van der Waals surface area contributed by atoms with E-state index in [0.717, 1.165) is 5.56 Å². The van der Waals surface area contributed by atoms with E-state index in [1.807, 2.05) is 30.3 Å². The number of hydrogen-bond acceptors (Lipinski definition) is 6. The van der Waals surface area contributed by atoms with Crippen LogP contribution in [-0.2, 0) is 20.5 Å². The van der Waals surface area contributed by atoms with Crippen molar-refractivity contribution < 1.29 is 24.0 Å². The van der Waals surface area contributed by atoms with Crippen LogP contribution in [0.25, 0.3) is 0 Å². The average molecular weight is 643 g/mol. The monoisotopic (exact) mass is 641 g/mol. The van der Waals surface area contributed by atoms with E-state index in [-0.39, 0.29) is 35.4 Å². The van der Waals surface area contributed by atoms with Crippen molar-refractivity contribution in [3.63, 3.8) is 0 Å². The zero-order chi connectivity index (χ0) is 28.4. The van der Waals surface area contributed by atoms with Crippen molar-refractivity contribution in [2.24, 2.45) is 5.92 Å². The summed E-state index contributed by atoms with van der Waals surface area (Å²) in [5.41, 5.74) is 1.10. The Labute approximate surface area is 249 Å². The fourth-order valence-corrected chi connectivity index (χ4v) is 5.19. The van der Waals surface area contributed by atoms with Crippen LogP contribution < -0.4 is 10.6 Å². The minimum atomic E-state index is -0.881. The highest BCUT2D eigenvalue weighted by Gasteiger charge is 2.35. The standard InChI is InChI=1S/C27H35BBrCl2N3O5/c1-18(2)14-25(28-38-12-9-34(8-11-35)10-13-39-28)33-27(37)24(15-19-6-4-3-5-7-19)32-26(36)20-16-21(29)23(31)17-22(20)30/h3-7,16-18,24-25,35H,8-15H2,1-2H3,(H,32,36)(H,33,37)/t24-,25-/m0/s1. The number of halogens is 3. The number of nitrogens with zero attached hydrogens (tertiary/aromatic N) is 1. The lowest BCUT2D eigenvalue weighted by atomic mass is 9.73. The molecule has 3 rings (SSSR count). The number of benzene rings is 2. The summed E-state index contributed by atoms with van der Waals surface area (Å²) in [5, 5.41) is 15.8. The quantitative estimate of drug-likeness (QED) is 0.253. The molecular weight excluding hydrogens is 608 g/mol. The van der Waals surface area contributed by atoms with E-state index in [1.165, 1.54) is 12.1 Å². The van der Waals surface area contributed by atoms with Crippen LogP contribution >= 0.6 is 39.1 Å². The van der Waals surface area contributed by atoms with E-state index in [4.69, 9.17) is 32.5 Å². The van der Waals surface area contributed by atoms with Gasteiger partial charge in [0, 0.05) is 43.7 Å². The van der Waals surface area contributed by atoms with Crippen molar-refractivity contribution in [3.05, 3.63) is 68.1 Å². The Morgan fingerprint density at radius 2 is 1.74 bits per heavy atom. The molecular formula is C27H35BBrCl2N3O5. The fraction of sp³-hybridized carbons (Fsp3) is 0.481. The van der Waals surface area contributed by atoms with Crippen molar-refractivity contribution in [1.29, 1.82) is 0 Å². The number of aliphatic hydroxyl groups excluding tert-OH is 1. The lowest BCUT2D eigenvalue weighted by Gasteiger charge is -2.31. The number of amides is 2. The maximum Gasteiger partial charge on any atom is 0.480 e. The van der Waals surface area contributed by atoms with Gasteiger partial charge in [0.2, 0.25) is 5.91 Å². The van der Waals surface area contributed by atoms with Crippen LogP contribution in [0, 0.1) is 5.92 Å². The number of carbonyl (C=O) groups excluding carboxylic acids is 2. The minimum absolute atomic E-state index is 0.0716. The largest absolute Gasteiger partial charge is 0.480 e. The molecule has 1 saturated heterocycles. The van der Waals surface area contributed by atoms with Crippen LogP contribution in [0.1, 0.15) is 36.2 Å². The molecule has 1 heterocycles. The van der Waals surface area contributed by atoms with Gasteiger partial charge in [-0.1, -0.05) is 67.4 Å². The van der Waals surface area contributed by atoms with Gasteiger partial charge in [0.25, 0.3) is 5.91 Å². The molecule has 39 heavy (non-hydrogen) atoms. The molecule has 0 radical (unpaired) electrons. The highest BCUT2D eigenvalue weighted by atomic mass is 79.9. The third-order valence-corrected chi connectivity index (χ3v) is 7.85. The maximum absolute atomic E-state index is 13.7. The van der Waals surface area contributed by atoms with Gasteiger partial charge >= 0.3 is 7.12 Å². The summed E-state index contributed by atoms with van der Waals surface area (Å²) >= 11 is 15.7. The number of aliphatic hydroxyl groups is 1. The highest BCUT2D eigenvalue weighted by molar-refractivity contribution is 9.10. The molecule has 2 atom stereocenters. The number of hydrogen-bond donors (Lipinski definition) is 3. The molecule has 1 fully saturated rings. The van der Waals surface area contributed by atoms with E-state index in [9.17, 15) is 14.7 Å².